The van der Waals surface area contributed by atoms with Gasteiger partial charge in [0.25, 0.3) is 5.91 Å². The lowest BCUT2D eigenvalue weighted by atomic mass is 10.0. The van der Waals surface area contributed by atoms with Gasteiger partial charge >= 0.3 is 6.09 Å². The van der Waals surface area contributed by atoms with Gasteiger partial charge in [-0.3, -0.25) is 4.79 Å². The van der Waals surface area contributed by atoms with Crippen molar-refractivity contribution in [2.45, 2.75) is 32.4 Å². The molecule has 4 rings (SSSR count). The van der Waals surface area contributed by atoms with E-state index in [4.69, 9.17) is 5.10 Å². The quantitative estimate of drug-likeness (QED) is 0.724. The molecule has 0 aliphatic carbocycles. The number of carbonyl (C=O) groups is 2. The zero-order chi connectivity index (χ0) is 21.8. The van der Waals surface area contributed by atoms with Crippen LogP contribution in [-0.2, 0) is 11.3 Å². The fraction of sp³-hybridized carbons (Fsp3) is 0.292. The van der Waals surface area contributed by atoms with Crippen LogP contribution >= 0.6 is 0 Å². The van der Waals surface area contributed by atoms with Gasteiger partial charge in [0.1, 0.15) is 18.3 Å². The molecule has 1 atom stereocenters. The molecule has 2 aliphatic rings. The highest BCUT2D eigenvalue weighted by Gasteiger charge is 2.44. The van der Waals surface area contributed by atoms with Gasteiger partial charge in [-0.05, 0) is 25.9 Å². The summed E-state index contributed by atoms with van der Waals surface area (Å²) in [7, 11) is 0. The van der Waals surface area contributed by atoms with Gasteiger partial charge in [0, 0.05) is 30.7 Å². The van der Waals surface area contributed by atoms with E-state index < -0.39 is 12.0 Å². The van der Waals surface area contributed by atoms with Gasteiger partial charge < -0.3 is 10.4 Å². The minimum absolute atomic E-state index is 0.117. The molecule has 7 nitrogen and oxygen atoms in total. The normalized spacial score (nSPS) is 21.3. The summed E-state index contributed by atoms with van der Waals surface area (Å²) in [6.07, 6.45) is 1.57. The number of carboxylic acid groups (broad SMARTS) is 1. The van der Waals surface area contributed by atoms with Gasteiger partial charge in [-0.25, -0.2) is 9.69 Å². The molecule has 2 N–H and O–H groups in total. The van der Waals surface area contributed by atoms with E-state index >= 15 is 0 Å². The van der Waals surface area contributed by atoms with Crippen molar-refractivity contribution in [3.63, 3.8) is 0 Å². The lowest BCUT2D eigenvalue weighted by Gasteiger charge is -2.32. The van der Waals surface area contributed by atoms with E-state index in [1.165, 1.54) is 0 Å². The number of piperidine rings is 1. The monoisotopic (exact) mass is 419 g/mol. The van der Waals surface area contributed by atoms with E-state index in [-0.39, 0.29) is 10.6 Å². The fourth-order valence-corrected chi connectivity index (χ4v) is 4.38. The first-order chi connectivity index (χ1) is 15.0. The summed E-state index contributed by atoms with van der Waals surface area (Å²) in [5.41, 5.74) is 3.07. The Kier molecular flexibility index (Phi) is 5.97. The number of amides is 2. The molecular formula is C24H27N4O3+. The predicted octanol–water partition coefficient (Wildman–Crippen LogP) is 3.73. The second kappa shape index (κ2) is 8.83. The van der Waals surface area contributed by atoms with Crippen LogP contribution in [0.25, 0.3) is 0 Å². The molecule has 2 aliphatic heterocycles. The third kappa shape index (κ3) is 4.02. The zero-order valence-corrected chi connectivity index (χ0v) is 17.6. The van der Waals surface area contributed by atoms with Crippen LogP contribution in [0.3, 0.4) is 0 Å². The molecule has 0 spiro atoms. The molecular weight excluding hydrogens is 392 g/mol. The van der Waals surface area contributed by atoms with Crippen LogP contribution in [0.2, 0.25) is 0 Å². The number of para-hydroxylation sites is 1. The Balaban J connectivity index is 1.75. The lowest BCUT2D eigenvalue weighted by Crippen LogP contribution is -2.49. The molecule has 0 aromatic heterocycles. The summed E-state index contributed by atoms with van der Waals surface area (Å²) in [5.74, 6) is -0.496. The van der Waals surface area contributed by atoms with Gasteiger partial charge in [-0.15, -0.1) is 4.59 Å². The molecule has 0 saturated carbocycles. The molecule has 1 fully saturated rings. The number of imide groups is 1. The Morgan fingerprint density at radius 3 is 2.29 bits per heavy atom. The third-order valence-corrected chi connectivity index (χ3v) is 6.10. The first-order valence-corrected chi connectivity index (χ1v) is 10.5. The molecule has 160 valence electrons. The first kappa shape index (κ1) is 21.0. The summed E-state index contributed by atoms with van der Waals surface area (Å²) in [6.45, 7) is 3.81. The molecule has 1 unspecified atom stereocenters. The second-order valence-corrected chi connectivity index (χ2v) is 7.93. The number of hydrogen-bond donors (Lipinski definition) is 2. The number of hydrogen-bond acceptors (Lipinski definition) is 4. The summed E-state index contributed by atoms with van der Waals surface area (Å²) in [5, 5.41) is 17.8. The van der Waals surface area contributed by atoms with Crippen molar-refractivity contribution in [1.82, 2.24) is 14.8 Å². The van der Waals surface area contributed by atoms with Crippen molar-refractivity contribution in [3.05, 3.63) is 77.5 Å². The maximum atomic E-state index is 13.4. The first-order valence-electron chi connectivity index (χ1n) is 10.5. The second-order valence-electron chi connectivity index (χ2n) is 7.93. The molecule has 1 saturated heterocycles. The number of benzene rings is 2. The molecule has 0 radical (unpaired) electrons. The van der Waals surface area contributed by atoms with Crippen LogP contribution in [0, 0.1) is 0 Å². The number of quaternary nitrogens is 1. The van der Waals surface area contributed by atoms with Crippen LogP contribution < -0.4 is 9.91 Å². The highest BCUT2D eigenvalue weighted by molar-refractivity contribution is 6.17. The minimum atomic E-state index is -1.21. The average molecular weight is 420 g/mol. The summed E-state index contributed by atoms with van der Waals surface area (Å²) >= 11 is 0. The molecule has 2 heterocycles. The number of rotatable bonds is 5. The number of carbonyl (C=O) groups excluding carboxylic acids is 1. The Bertz CT molecular complexity index is 1010. The SMILES string of the molecule is CC1=C(C(=O)N(C(=O)O)C2CCNCC2)C=N[N+]1(Cc1ccccc1)c1ccccc1. The van der Waals surface area contributed by atoms with Crippen LogP contribution in [0.15, 0.2) is 77.0 Å². The standard InChI is InChI=1S/C24H26N4O3/c1-18-22(23(29)27(24(30)31)20-12-14-25-15-13-20)16-26-28(18,21-10-6-3-7-11-21)17-19-8-4-2-5-9-19/h2-11,16,20,25H,12-15,17H2,1H3/p+1. The number of nitrogens with zero attached hydrogens (tertiary/aromatic N) is 3. The van der Waals surface area contributed by atoms with E-state index in [0.29, 0.717) is 38.0 Å². The van der Waals surface area contributed by atoms with Gasteiger partial charge in [0.05, 0.1) is 0 Å². The van der Waals surface area contributed by atoms with Gasteiger partial charge in [-0.1, -0.05) is 53.6 Å². The highest BCUT2D eigenvalue weighted by atomic mass is 16.4. The predicted molar refractivity (Wildman–Crippen MR) is 120 cm³/mol. The Morgan fingerprint density at radius 1 is 1.06 bits per heavy atom. The van der Waals surface area contributed by atoms with E-state index in [2.05, 4.69) is 5.32 Å². The largest absolute Gasteiger partial charge is 0.465 e. The fourth-order valence-electron chi connectivity index (χ4n) is 4.38. The topological polar surface area (TPSA) is 82.0 Å². The van der Waals surface area contributed by atoms with Gasteiger partial charge in [0.15, 0.2) is 11.4 Å². The van der Waals surface area contributed by atoms with Crippen molar-refractivity contribution in [1.29, 1.82) is 0 Å². The summed E-state index contributed by atoms with van der Waals surface area (Å²) in [4.78, 5) is 26.5. The molecule has 7 heteroatoms. The number of nitrogens with one attached hydrogen (secondary N) is 1. The van der Waals surface area contributed by atoms with Crippen molar-refractivity contribution >= 4 is 23.9 Å². The van der Waals surface area contributed by atoms with Crippen LogP contribution in [0.1, 0.15) is 25.3 Å². The van der Waals surface area contributed by atoms with E-state index in [1.807, 2.05) is 67.6 Å². The molecule has 0 bridgehead atoms. The molecule has 2 aromatic rings. The zero-order valence-electron chi connectivity index (χ0n) is 17.6. The summed E-state index contributed by atoms with van der Waals surface area (Å²) < 4.78 is 0.117. The lowest BCUT2D eigenvalue weighted by molar-refractivity contribution is -0.126. The maximum absolute atomic E-state index is 13.4. The smallest absolute Gasteiger partial charge is 0.414 e. The van der Waals surface area contributed by atoms with Crippen molar-refractivity contribution in [2.24, 2.45) is 5.10 Å². The Morgan fingerprint density at radius 2 is 1.68 bits per heavy atom. The van der Waals surface area contributed by atoms with Crippen LogP contribution in [-0.4, -0.2) is 47.4 Å². The van der Waals surface area contributed by atoms with Crippen LogP contribution in [0.4, 0.5) is 10.5 Å². The van der Waals surface area contributed by atoms with E-state index in [1.54, 1.807) is 6.21 Å². The third-order valence-electron chi connectivity index (χ3n) is 6.10. The van der Waals surface area contributed by atoms with Crippen LogP contribution in [0.5, 0.6) is 0 Å². The maximum Gasteiger partial charge on any atom is 0.414 e. The van der Waals surface area contributed by atoms with Crippen molar-refractivity contribution < 1.29 is 14.7 Å². The number of allylic oxidation sites excluding steroid dienone is 1. The van der Waals surface area contributed by atoms with Crippen molar-refractivity contribution in [2.75, 3.05) is 13.1 Å². The van der Waals surface area contributed by atoms with Crippen molar-refractivity contribution in [3.8, 4) is 0 Å². The van der Waals surface area contributed by atoms with Gasteiger partial charge in [0.2, 0.25) is 0 Å². The Labute approximate surface area is 181 Å². The van der Waals surface area contributed by atoms with Gasteiger partial charge in [-0.2, -0.15) is 0 Å². The minimum Gasteiger partial charge on any atom is -0.465 e. The molecule has 2 aromatic carbocycles. The van der Waals surface area contributed by atoms with E-state index in [0.717, 1.165) is 21.8 Å². The highest BCUT2D eigenvalue weighted by Crippen LogP contribution is 2.37. The van der Waals surface area contributed by atoms with E-state index in [9.17, 15) is 14.7 Å². The molecule has 2 amide bonds. The molecule has 31 heavy (non-hydrogen) atoms. The Hall–Kier alpha value is -3.29. The average Bonchev–Trinajstić information content (AvgIpc) is 3.12. The summed E-state index contributed by atoms with van der Waals surface area (Å²) in [6, 6.07) is 19.5.